The number of nitrogens with zero attached hydrogens (tertiary/aromatic N) is 3. The van der Waals surface area contributed by atoms with Crippen molar-refractivity contribution in [1.82, 2.24) is 15.6 Å². The van der Waals surface area contributed by atoms with Gasteiger partial charge in [-0.2, -0.15) is 0 Å². The second kappa shape index (κ2) is 8.77. The Morgan fingerprint density at radius 3 is 2.86 bits per heavy atom. The maximum atomic E-state index is 4.55. The highest BCUT2D eigenvalue weighted by atomic mass is 127. The van der Waals surface area contributed by atoms with E-state index in [-0.39, 0.29) is 24.0 Å². The predicted octanol–water partition coefficient (Wildman–Crippen LogP) is 2.68. The lowest BCUT2D eigenvalue weighted by Gasteiger charge is -2.11. The highest BCUT2D eigenvalue weighted by Crippen LogP contribution is 2.34. The molecule has 1 heterocycles. The number of aliphatic imine (C=N–C) groups is 1. The Hall–Kier alpha value is -0.570. The molecule has 1 aromatic heterocycles. The first-order valence-corrected chi connectivity index (χ1v) is 8.11. The van der Waals surface area contributed by atoms with Crippen LogP contribution in [0, 0.1) is 5.92 Å². The van der Waals surface area contributed by atoms with E-state index in [4.69, 9.17) is 0 Å². The summed E-state index contributed by atoms with van der Waals surface area (Å²) in [6.45, 7) is 2.96. The molecule has 0 saturated heterocycles. The Morgan fingerprint density at radius 2 is 2.29 bits per heavy atom. The van der Waals surface area contributed by atoms with Gasteiger partial charge in [0.05, 0.1) is 12.2 Å². The number of thiazole rings is 1. The quantitative estimate of drug-likeness (QED) is 0.420. The molecule has 1 saturated carbocycles. The standard InChI is InChI=1S/C14H25N5S.HI/c1-5-6-10-7-12(10)18-13(15-2)16-8-11-9-20-14(17-11)19(3)4;/h9-10,12H,5-8H2,1-4H3,(H2,15,16,18);1H. The first-order valence-electron chi connectivity index (χ1n) is 7.23. The lowest BCUT2D eigenvalue weighted by Crippen LogP contribution is -2.38. The topological polar surface area (TPSA) is 52.6 Å². The van der Waals surface area contributed by atoms with Crippen molar-refractivity contribution in [3.05, 3.63) is 11.1 Å². The summed E-state index contributed by atoms with van der Waals surface area (Å²) in [5, 5.41) is 9.94. The smallest absolute Gasteiger partial charge is 0.191 e. The second-order valence-electron chi connectivity index (χ2n) is 5.48. The molecule has 0 aliphatic heterocycles. The Balaban J connectivity index is 0.00000220. The van der Waals surface area contributed by atoms with Crippen molar-refractivity contribution in [2.45, 2.75) is 38.8 Å². The third-order valence-corrected chi connectivity index (χ3v) is 4.54. The highest BCUT2D eigenvalue weighted by Gasteiger charge is 2.36. The molecule has 2 N–H and O–H groups in total. The third-order valence-electron chi connectivity index (χ3n) is 3.49. The van der Waals surface area contributed by atoms with Gasteiger partial charge in [0.2, 0.25) is 0 Å². The van der Waals surface area contributed by atoms with E-state index >= 15 is 0 Å². The van der Waals surface area contributed by atoms with Crippen LogP contribution < -0.4 is 15.5 Å². The Bertz CT molecular complexity index is 460. The lowest BCUT2D eigenvalue weighted by molar-refractivity contribution is 0.655. The maximum Gasteiger partial charge on any atom is 0.191 e. The zero-order valence-electron chi connectivity index (χ0n) is 13.2. The monoisotopic (exact) mass is 423 g/mol. The summed E-state index contributed by atoms with van der Waals surface area (Å²) in [7, 11) is 5.84. The number of hydrogen-bond donors (Lipinski definition) is 2. The second-order valence-corrected chi connectivity index (χ2v) is 6.31. The predicted molar refractivity (Wildman–Crippen MR) is 102 cm³/mol. The van der Waals surface area contributed by atoms with E-state index in [0.717, 1.165) is 29.2 Å². The molecule has 0 spiro atoms. The van der Waals surface area contributed by atoms with E-state index in [1.165, 1.54) is 19.3 Å². The molecule has 1 aliphatic carbocycles. The van der Waals surface area contributed by atoms with Crippen molar-refractivity contribution in [3.63, 3.8) is 0 Å². The van der Waals surface area contributed by atoms with Crippen LogP contribution in [0.4, 0.5) is 5.13 Å². The summed E-state index contributed by atoms with van der Waals surface area (Å²) in [6.07, 6.45) is 3.85. The van der Waals surface area contributed by atoms with Gasteiger partial charge in [0.15, 0.2) is 11.1 Å². The van der Waals surface area contributed by atoms with E-state index in [9.17, 15) is 0 Å². The molecular formula is C14H26IN5S. The number of nitrogens with one attached hydrogen (secondary N) is 2. The molecule has 2 atom stereocenters. The SMILES string of the molecule is CCCC1CC1NC(=NC)NCc1csc(N(C)C)n1.I. The van der Waals surface area contributed by atoms with Crippen LogP contribution >= 0.6 is 35.3 Å². The lowest BCUT2D eigenvalue weighted by atomic mass is 10.2. The van der Waals surface area contributed by atoms with Crippen LogP contribution in [-0.2, 0) is 6.54 Å². The van der Waals surface area contributed by atoms with Gasteiger partial charge in [0, 0.05) is 32.6 Å². The van der Waals surface area contributed by atoms with Crippen LogP contribution in [0.1, 0.15) is 31.9 Å². The van der Waals surface area contributed by atoms with Crippen LogP contribution in [0.3, 0.4) is 0 Å². The molecule has 7 heteroatoms. The molecule has 1 aliphatic rings. The van der Waals surface area contributed by atoms with E-state index in [1.54, 1.807) is 11.3 Å². The number of halogens is 1. The summed E-state index contributed by atoms with van der Waals surface area (Å²) in [5.41, 5.74) is 1.06. The van der Waals surface area contributed by atoms with Gasteiger partial charge in [-0.15, -0.1) is 35.3 Å². The third kappa shape index (κ3) is 5.61. The van der Waals surface area contributed by atoms with Crippen molar-refractivity contribution in [1.29, 1.82) is 0 Å². The number of guanidine groups is 1. The van der Waals surface area contributed by atoms with E-state index < -0.39 is 0 Å². The molecule has 2 rings (SSSR count). The van der Waals surface area contributed by atoms with Gasteiger partial charge in [-0.25, -0.2) is 4.98 Å². The molecule has 5 nitrogen and oxygen atoms in total. The van der Waals surface area contributed by atoms with Gasteiger partial charge in [0.1, 0.15) is 0 Å². The fourth-order valence-corrected chi connectivity index (χ4v) is 3.00. The minimum absolute atomic E-state index is 0. The molecule has 0 amide bonds. The number of anilines is 1. The van der Waals surface area contributed by atoms with Crippen molar-refractivity contribution in [2.24, 2.45) is 10.9 Å². The summed E-state index contributed by atoms with van der Waals surface area (Å²) in [6, 6.07) is 0.605. The van der Waals surface area contributed by atoms with E-state index in [0.29, 0.717) is 6.04 Å². The summed E-state index contributed by atoms with van der Waals surface area (Å²) >= 11 is 1.66. The molecule has 0 radical (unpaired) electrons. The van der Waals surface area contributed by atoms with E-state index in [1.807, 2.05) is 26.0 Å². The molecule has 1 aromatic rings. The number of aromatic nitrogens is 1. The molecule has 2 unspecified atom stereocenters. The van der Waals surface area contributed by atoms with Gasteiger partial charge in [-0.05, 0) is 18.8 Å². The van der Waals surface area contributed by atoms with Crippen molar-refractivity contribution in [2.75, 3.05) is 26.0 Å². The molecule has 21 heavy (non-hydrogen) atoms. The Kier molecular flexibility index (Phi) is 7.72. The summed E-state index contributed by atoms with van der Waals surface area (Å²) in [5.74, 6) is 1.71. The van der Waals surface area contributed by atoms with Crippen LogP contribution in [0.15, 0.2) is 10.4 Å². The average Bonchev–Trinajstić information content (AvgIpc) is 2.97. The Morgan fingerprint density at radius 1 is 1.52 bits per heavy atom. The number of rotatable bonds is 6. The first-order chi connectivity index (χ1) is 9.63. The van der Waals surface area contributed by atoms with E-state index in [2.05, 4.69) is 32.9 Å². The van der Waals surface area contributed by atoms with Crippen molar-refractivity contribution in [3.8, 4) is 0 Å². The van der Waals surface area contributed by atoms with Crippen LogP contribution in [0.25, 0.3) is 0 Å². The molecule has 0 bridgehead atoms. The first kappa shape index (κ1) is 18.5. The summed E-state index contributed by atoms with van der Waals surface area (Å²) in [4.78, 5) is 10.9. The summed E-state index contributed by atoms with van der Waals surface area (Å²) < 4.78 is 0. The van der Waals surface area contributed by atoms with Gasteiger partial charge in [-0.1, -0.05) is 13.3 Å². The van der Waals surface area contributed by atoms with Crippen molar-refractivity contribution < 1.29 is 0 Å². The average molecular weight is 423 g/mol. The molecule has 120 valence electrons. The zero-order chi connectivity index (χ0) is 14.5. The minimum atomic E-state index is 0. The maximum absolute atomic E-state index is 4.55. The van der Waals surface area contributed by atoms with Crippen LogP contribution in [0.5, 0.6) is 0 Å². The molecule has 1 fully saturated rings. The van der Waals surface area contributed by atoms with Gasteiger partial charge in [-0.3, -0.25) is 4.99 Å². The normalized spacial score (nSPS) is 20.7. The van der Waals surface area contributed by atoms with Crippen molar-refractivity contribution >= 4 is 46.4 Å². The fraction of sp³-hybridized carbons (Fsp3) is 0.714. The van der Waals surface area contributed by atoms with Gasteiger partial charge in [0.25, 0.3) is 0 Å². The highest BCUT2D eigenvalue weighted by molar-refractivity contribution is 14.0. The van der Waals surface area contributed by atoms with Gasteiger partial charge >= 0.3 is 0 Å². The molecule has 0 aromatic carbocycles. The number of hydrogen-bond acceptors (Lipinski definition) is 4. The Labute approximate surface area is 148 Å². The zero-order valence-corrected chi connectivity index (χ0v) is 16.4. The largest absolute Gasteiger partial charge is 0.354 e. The minimum Gasteiger partial charge on any atom is -0.354 e. The van der Waals surface area contributed by atoms with Crippen LogP contribution in [0.2, 0.25) is 0 Å². The van der Waals surface area contributed by atoms with Gasteiger partial charge < -0.3 is 15.5 Å². The fourth-order valence-electron chi connectivity index (χ4n) is 2.24. The molecular weight excluding hydrogens is 397 g/mol. The van der Waals surface area contributed by atoms with Crippen LogP contribution in [-0.4, -0.2) is 38.1 Å².